The second-order valence-electron chi connectivity index (χ2n) is 1.92. The number of aliphatic hydroxyl groups excluding tert-OH is 3. The topological polar surface area (TPSA) is 77.8 Å². The van der Waals surface area contributed by atoms with E-state index in [4.69, 9.17) is 16.7 Å². The molecule has 3 N–H and O–H groups in total. The Morgan fingerprint density at radius 3 is 2.50 bits per heavy atom. The summed E-state index contributed by atoms with van der Waals surface area (Å²) < 4.78 is 6.90. The molecule has 4 heteroatoms. The maximum absolute atomic E-state index is 9.91. The van der Waals surface area contributed by atoms with Gasteiger partial charge in [0.2, 0.25) is 0 Å². The molecule has 0 aromatic heterocycles. The van der Waals surface area contributed by atoms with E-state index in [0.29, 0.717) is 6.29 Å². The lowest BCUT2D eigenvalue weighted by atomic mass is 10.1. The molecule has 0 heterocycles. The van der Waals surface area contributed by atoms with Crippen molar-refractivity contribution >= 4 is 6.29 Å². The Hall–Kier alpha value is -0.450. The van der Waals surface area contributed by atoms with Crippen molar-refractivity contribution in [1.82, 2.24) is 0 Å². The first-order valence-electron chi connectivity index (χ1n) is 3.54. The van der Waals surface area contributed by atoms with Crippen molar-refractivity contribution in [1.29, 1.82) is 0 Å². The average Bonchev–Trinajstić information content (AvgIpc) is 2.02. The largest absolute Gasteiger partial charge is 0.394 e. The molecule has 0 aliphatic rings. The fraction of sp³-hybridized carbons (Fsp3) is 0.833. The molecule has 0 spiro atoms. The summed E-state index contributed by atoms with van der Waals surface area (Å²) >= 11 is 0. The summed E-state index contributed by atoms with van der Waals surface area (Å²) in [5.41, 5.74) is 0. The molecule has 0 saturated heterocycles. The van der Waals surface area contributed by atoms with Crippen LogP contribution >= 0.6 is 0 Å². The van der Waals surface area contributed by atoms with Gasteiger partial charge in [-0.1, -0.05) is 0 Å². The summed E-state index contributed by atoms with van der Waals surface area (Å²) in [7, 11) is 0. The highest BCUT2D eigenvalue weighted by Gasteiger charge is 2.13. The molecule has 0 aromatic carbocycles. The maximum atomic E-state index is 9.91. The first-order valence-corrected chi connectivity index (χ1v) is 2.96. The molecule has 0 unspecified atom stereocenters. The van der Waals surface area contributed by atoms with Crippen molar-refractivity contribution in [3.8, 4) is 0 Å². The lowest BCUT2D eigenvalue weighted by molar-refractivity contribution is -0.108. The minimum Gasteiger partial charge on any atom is -0.394 e. The van der Waals surface area contributed by atoms with Gasteiger partial charge >= 0.3 is 0 Å². The molecule has 0 aliphatic carbocycles. The molecule has 0 aliphatic heterocycles. The molecule has 0 fully saturated rings. The second-order valence-corrected chi connectivity index (χ2v) is 1.92. The number of carbonyl (C=O) groups is 1. The molecular weight excluding hydrogens is 136 g/mol. The minimum absolute atomic E-state index is 0.148. The highest BCUT2D eigenvalue weighted by molar-refractivity contribution is 5.49. The molecule has 0 rings (SSSR count). The molecule has 10 heavy (non-hydrogen) atoms. The molecule has 0 saturated carbocycles. The van der Waals surface area contributed by atoms with E-state index >= 15 is 0 Å². The van der Waals surface area contributed by atoms with Crippen LogP contribution in [-0.4, -0.2) is 40.4 Å². The fourth-order valence-corrected chi connectivity index (χ4v) is 0.474. The number of hydrogen-bond donors (Lipinski definition) is 3. The van der Waals surface area contributed by atoms with Crippen LogP contribution in [0.5, 0.6) is 0 Å². The average molecular weight is 149 g/mol. The summed E-state index contributed by atoms with van der Waals surface area (Å²) in [6, 6.07) is 0. The lowest BCUT2D eigenvalue weighted by Crippen LogP contribution is -2.29. The van der Waals surface area contributed by atoms with Gasteiger partial charge in [0.1, 0.15) is 12.4 Å². The Balaban J connectivity index is 3.66. The van der Waals surface area contributed by atoms with Gasteiger partial charge in [-0.25, -0.2) is 0 Å². The fourth-order valence-electron chi connectivity index (χ4n) is 0.474. The highest BCUT2D eigenvalue weighted by atomic mass is 16.4. The van der Waals surface area contributed by atoms with Gasteiger partial charge < -0.3 is 20.1 Å². The van der Waals surface area contributed by atoms with Crippen LogP contribution in [0, 0.1) is 0 Å². The van der Waals surface area contributed by atoms with Crippen molar-refractivity contribution in [2.75, 3.05) is 6.61 Å². The Morgan fingerprint density at radius 1 is 1.50 bits per heavy atom. The zero-order chi connectivity index (χ0) is 8.85. The first-order chi connectivity index (χ1) is 5.11. The minimum atomic E-state index is -1.26. The molecule has 4 nitrogen and oxygen atoms in total. The monoisotopic (exact) mass is 149 g/mol. The maximum Gasteiger partial charge on any atom is 0.120 e. The van der Waals surface area contributed by atoms with Gasteiger partial charge in [0, 0.05) is 7.77 Å². The number of aliphatic hydroxyl groups is 3. The van der Waals surface area contributed by atoms with Gasteiger partial charge in [-0.15, -0.1) is 0 Å². The summed E-state index contributed by atoms with van der Waals surface area (Å²) in [6.07, 6.45) is -3.28. The van der Waals surface area contributed by atoms with E-state index in [2.05, 4.69) is 0 Å². The molecule has 3 atom stereocenters. The third kappa shape index (κ3) is 3.55. The van der Waals surface area contributed by atoms with Crippen LogP contribution in [0.4, 0.5) is 0 Å². The van der Waals surface area contributed by atoms with Gasteiger partial charge in [-0.2, -0.15) is 0 Å². The molecule has 60 valence electrons. The molecule has 0 radical (unpaired) electrons. The Kier molecular flexibility index (Phi) is 4.09. The lowest BCUT2D eigenvalue weighted by Gasteiger charge is -2.13. The SMILES string of the molecule is [2H][C@@H](C=O)C[C@H](O)[C@H](O)CO. The zero-order valence-corrected chi connectivity index (χ0v) is 5.47. The number of rotatable bonds is 5. The smallest absolute Gasteiger partial charge is 0.120 e. The van der Waals surface area contributed by atoms with Crippen molar-refractivity contribution in [3.05, 3.63) is 0 Å². The van der Waals surface area contributed by atoms with Crippen LogP contribution < -0.4 is 0 Å². The van der Waals surface area contributed by atoms with Crippen LogP contribution in [0.1, 0.15) is 14.2 Å². The van der Waals surface area contributed by atoms with E-state index < -0.39 is 25.2 Å². The standard InChI is InChI=1S/C6H12O4/c7-3-1-2-5(9)6(10)4-8/h3,5-6,8-10H,1-2,4H2/t5-,6+/m0/s1/i1D/t1-,5+,6-/m1. The second kappa shape index (κ2) is 5.34. The van der Waals surface area contributed by atoms with Crippen LogP contribution in [0.15, 0.2) is 0 Å². The third-order valence-corrected chi connectivity index (χ3v) is 1.11. The van der Waals surface area contributed by atoms with E-state index in [1.165, 1.54) is 0 Å². The van der Waals surface area contributed by atoms with E-state index in [9.17, 15) is 4.79 Å². The van der Waals surface area contributed by atoms with Gasteiger partial charge in [0.25, 0.3) is 0 Å². The first kappa shape index (κ1) is 7.65. The normalized spacial score (nSPS) is 20.9. The van der Waals surface area contributed by atoms with Crippen molar-refractivity contribution in [2.24, 2.45) is 0 Å². The Morgan fingerprint density at radius 2 is 2.10 bits per heavy atom. The van der Waals surface area contributed by atoms with Crippen LogP contribution in [0.3, 0.4) is 0 Å². The zero-order valence-electron chi connectivity index (χ0n) is 6.47. The molecule has 0 aromatic rings. The van der Waals surface area contributed by atoms with E-state index in [1.54, 1.807) is 0 Å². The summed E-state index contributed by atoms with van der Waals surface area (Å²) in [4.78, 5) is 9.91. The van der Waals surface area contributed by atoms with Crippen LogP contribution in [0.25, 0.3) is 0 Å². The van der Waals surface area contributed by atoms with Crippen molar-refractivity contribution in [2.45, 2.75) is 25.0 Å². The van der Waals surface area contributed by atoms with E-state index in [0.717, 1.165) is 0 Å². The van der Waals surface area contributed by atoms with Gasteiger partial charge in [-0.05, 0) is 6.42 Å². The number of aldehydes is 1. The van der Waals surface area contributed by atoms with E-state index in [-0.39, 0.29) is 6.42 Å². The van der Waals surface area contributed by atoms with Crippen LogP contribution in [0.2, 0.25) is 0 Å². The highest BCUT2D eigenvalue weighted by Crippen LogP contribution is 1.99. The summed E-state index contributed by atoms with van der Waals surface area (Å²) in [5.74, 6) is 0. The predicted octanol–water partition coefficient (Wildman–Crippen LogP) is -1.32. The summed E-state index contributed by atoms with van der Waals surface area (Å²) in [5, 5.41) is 26.0. The van der Waals surface area contributed by atoms with Gasteiger partial charge in [-0.3, -0.25) is 0 Å². The molecule has 0 amide bonds. The van der Waals surface area contributed by atoms with Crippen LogP contribution in [-0.2, 0) is 4.79 Å². The number of hydrogen-bond acceptors (Lipinski definition) is 4. The predicted molar refractivity (Wildman–Crippen MR) is 34.4 cm³/mol. The van der Waals surface area contributed by atoms with E-state index in [1.807, 2.05) is 0 Å². The van der Waals surface area contributed by atoms with Crippen molar-refractivity contribution < 1.29 is 21.5 Å². The Bertz CT molecular complexity index is 119. The Labute approximate surface area is 60.5 Å². The molecular formula is C6H12O4. The third-order valence-electron chi connectivity index (χ3n) is 1.11. The quantitative estimate of drug-likeness (QED) is 0.424. The van der Waals surface area contributed by atoms with Gasteiger partial charge in [0.05, 0.1) is 12.7 Å². The summed E-state index contributed by atoms with van der Waals surface area (Å²) in [6.45, 7) is -0.563. The number of carbonyl (C=O) groups excluding carboxylic acids is 1. The van der Waals surface area contributed by atoms with Gasteiger partial charge in [0.15, 0.2) is 0 Å². The van der Waals surface area contributed by atoms with Crippen molar-refractivity contribution in [3.63, 3.8) is 0 Å². The molecule has 0 bridgehead atoms.